The highest BCUT2D eigenvalue weighted by Crippen LogP contribution is 2.28. The Labute approximate surface area is 119 Å². The Kier molecular flexibility index (Phi) is 3.72. The van der Waals surface area contributed by atoms with E-state index in [0.717, 1.165) is 43.0 Å². The standard InChI is InChI=1S/C15H23N5/c1-11(2)19-7-5-13(6-8-19)15-18-17-14-4-3-12(9-16)10-20(14)15/h3-4,10-11,13H,5-9,16H2,1-2H3. The molecule has 5 nitrogen and oxygen atoms in total. The van der Waals surface area contributed by atoms with Crippen LogP contribution in [-0.2, 0) is 6.54 Å². The second kappa shape index (κ2) is 5.50. The molecule has 0 unspecified atom stereocenters. The van der Waals surface area contributed by atoms with Crippen molar-refractivity contribution in [1.29, 1.82) is 0 Å². The zero-order chi connectivity index (χ0) is 14.1. The second-order valence-electron chi connectivity index (χ2n) is 5.93. The maximum absolute atomic E-state index is 5.73. The van der Waals surface area contributed by atoms with Crippen molar-refractivity contribution in [3.8, 4) is 0 Å². The van der Waals surface area contributed by atoms with Crippen molar-refractivity contribution in [2.24, 2.45) is 5.73 Å². The minimum absolute atomic E-state index is 0.507. The topological polar surface area (TPSA) is 59.5 Å². The molecule has 2 aromatic heterocycles. The molecule has 5 heteroatoms. The Hall–Kier alpha value is -1.46. The Bertz CT molecular complexity index is 581. The number of hydrogen-bond acceptors (Lipinski definition) is 4. The van der Waals surface area contributed by atoms with Crippen LogP contribution in [-0.4, -0.2) is 38.6 Å². The Balaban J connectivity index is 1.84. The van der Waals surface area contributed by atoms with Crippen LogP contribution in [0.15, 0.2) is 18.3 Å². The van der Waals surface area contributed by atoms with E-state index in [1.54, 1.807) is 0 Å². The molecule has 1 aliphatic rings. The van der Waals surface area contributed by atoms with Crippen molar-refractivity contribution in [3.63, 3.8) is 0 Å². The molecule has 0 spiro atoms. The highest BCUT2D eigenvalue weighted by molar-refractivity contribution is 5.40. The zero-order valence-electron chi connectivity index (χ0n) is 12.3. The van der Waals surface area contributed by atoms with Crippen LogP contribution in [0.25, 0.3) is 5.65 Å². The monoisotopic (exact) mass is 273 g/mol. The molecular formula is C15H23N5. The lowest BCUT2D eigenvalue weighted by atomic mass is 9.95. The predicted molar refractivity (Wildman–Crippen MR) is 79.6 cm³/mol. The molecule has 108 valence electrons. The summed E-state index contributed by atoms with van der Waals surface area (Å²) >= 11 is 0. The summed E-state index contributed by atoms with van der Waals surface area (Å²) in [5.41, 5.74) is 7.77. The molecule has 2 aromatic rings. The second-order valence-corrected chi connectivity index (χ2v) is 5.93. The fraction of sp³-hybridized carbons (Fsp3) is 0.600. The van der Waals surface area contributed by atoms with Crippen molar-refractivity contribution in [1.82, 2.24) is 19.5 Å². The van der Waals surface area contributed by atoms with Crippen LogP contribution in [0, 0.1) is 0 Å². The molecule has 1 saturated heterocycles. The maximum atomic E-state index is 5.73. The number of nitrogens with two attached hydrogens (primary N) is 1. The first-order valence-corrected chi connectivity index (χ1v) is 7.46. The van der Waals surface area contributed by atoms with Gasteiger partial charge in [-0.15, -0.1) is 10.2 Å². The van der Waals surface area contributed by atoms with Crippen molar-refractivity contribution in [3.05, 3.63) is 29.7 Å². The van der Waals surface area contributed by atoms with Gasteiger partial charge in [-0.2, -0.15) is 0 Å². The van der Waals surface area contributed by atoms with Crippen LogP contribution in [0.3, 0.4) is 0 Å². The summed E-state index contributed by atoms with van der Waals surface area (Å²) in [6.45, 7) is 7.38. The summed E-state index contributed by atoms with van der Waals surface area (Å²) in [6, 6.07) is 4.66. The van der Waals surface area contributed by atoms with E-state index in [-0.39, 0.29) is 0 Å². The van der Waals surface area contributed by atoms with Gasteiger partial charge in [0.2, 0.25) is 0 Å². The number of pyridine rings is 1. The van der Waals surface area contributed by atoms with Gasteiger partial charge in [-0.3, -0.25) is 4.40 Å². The highest BCUT2D eigenvalue weighted by atomic mass is 15.3. The van der Waals surface area contributed by atoms with Crippen LogP contribution in [0.5, 0.6) is 0 Å². The van der Waals surface area contributed by atoms with Gasteiger partial charge in [0.05, 0.1) is 0 Å². The lowest BCUT2D eigenvalue weighted by Crippen LogP contribution is -2.38. The first kappa shape index (κ1) is 13.5. The number of fused-ring (bicyclic) bond motifs is 1. The number of hydrogen-bond donors (Lipinski definition) is 1. The van der Waals surface area contributed by atoms with Gasteiger partial charge >= 0.3 is 0 Å². The highest BCUT2D eigenvalue weighted by Gasteiger charge is 2.25. The third kappa shape index (κ3) is 2.43. The summed E-state index contributed by atoms with van der Waals surface area (Å²) in [5, 5.41) is 8.70. The fourth-order valence-electron chi connectivity index (χ4n) is 3.03. The molecule has 20 heavy (non-hydrogen) atoms. The van der Waals surface area contributed by atoms with E-state index >= 15 is 0 Å². The number of nitrogens with zero attached hydrogens (tertiary/aromatic N) is 4. The van der Waals surface area contributed by atoms with Gasteiger partial charge in [-0.25, -0.2) is 0 Å². The summed E-state index contributed by atoms with van der Waals surface area (Å²) in [6.07, 6.45) is 4.40. The van der Waals surface area contributed by atoms with E-state index < -0.39 is 0 Å². The Morgan fingerprint density at radius 1 is 1.25 bits per heavy atom. The van der Waals surface area contributed by atoms with E-state index in [9.17, 15) is 0 Å². The van der Waals surface area contributed by atoms with Crippen molar-refractivity contribution in [2.75, 3.05) is 13.1 Å². The Morgan fingerprint density at radius 3 is 2.65 bits per heavy atom. The first-order chi connectivity index (χ1) is 9.69. The van der Waals surface area contributed by atoms with Gasteiger partial charge in [0.15, 0.2) is 5.65 Å². The normalized spacial score (nSPS) is 18.2. The minimum atomic E-state index is 0.507. The van der Waals surface area contributed by atoms with Crippen molar-refractivity contribution >= 4 is 5.65 Å². The van der Waals surface area contributed by atoms with Crippen LogP contribution >= 0.6 is 0 Å². The quantitative estimate of drug-likeness (QED) is 0.926. The molecule has 3 heterocycles. The molecule has 1 aliphatic heterocycles. The molecule has 2 N–H and O–H groups in total. The van der Waals surface area contributed by atoms with E-state index in [2.05, 4.69) is 39.5 Å². The van der Waals surface area contributed by atoms with Gasteiger partial charge in [0.25, 0.3) is 0 Å². The summed E-state index contributed by atoms with van der Waals surface area (Å²) in [7, 11) is 0. The molecule has 0 amide bonds. The number of aromatic nitrogens is 3. The maximum Gasteiger partial charge on any atom is 0.160 e. The van der Waals surface area contributed by atoms with Gasteiger partial charge in [0, 0.05) is 24.7 Å². The predicted octanol–water partition coefficient (Wildman–Crippen LogP) is 1.78. The van der Waals surface area contributed by atoms with Crippen molar-refractivity contribution in [2.45, 2.75) is 45.2 Å². The lowest BCUT2D eigenvalue weighted by molar-refractivity contribution is 0.169. The van der Waals surface area contributed by atoms with Gasteiger partial charge < -0.3 is 10.6 Å². The lowest BCUT2D eigenvalue weighted by Gasteiger charge is -2.33. The van der Waals surface area contributed by atoms with Crippen molar-refractivity contribution < 1.29 is 0 Å². The summed E-state index contributed by atoms with van der Waals surface area (Å²) in [4.78, 5) is 2.53. The van der Waals surface area contributed by atoms with Gasteiger partial charge in [-0.1, -0.05) is 6.07 Å². The largest absolute Gasteiger partial charge is 0.326 e. The van der Waals surface area contributed by atoms with Crippen LogP contribution < -0.4 is 5.73 Å². The molecule has 0 bridgehead atoms. The first-order valence-electron chi connectivity index (χ1n) is 7.46. The molecule has 0 saturated carbocycles. The van der Waals surface area contributed by atoms with Gasteiger partial charge in [0.1, 0.15) is 5.82 Å². The fourth-order valence-corrected chi connectivity index (χ4v) is 3.03. The SMILES string of the molecule is CC(C)N1CCC(c2nnc3ccc(CN)cn23)CC1. The minimum Gasteiger partial charge on any atom is -0.326 e. The average molecular weight is 273 g/mol. The molecule has 3 rings (SSSR count). The number of piperidine rings is 1. The third-order valence-corrected chi connectivity index (χ3v) is 4.35. The zero-order valence-corrected chi connectivity index (χ0v) is 12.3. The molecule has 0 aliphatic carbocycles. The van der Waals surface area contributed by atoms with Gasteiger partial charge in [-0.05, 0) is 51.4 Å². The van der Waals surface area contributed by atoms with Crippen LogP contribution in [0.4, 0.5) is 0 Å². The smallest absolute Gasteiger partial charge is 0.160 e. The molecule has 0 atom stereocenters. The third-order valence-electron chi connectivity index (χ3n) is 4.35. The van der Waals surface area contributed by atoms with E-state index in [4.69, 9.17) is 5.73 Å². The van der Waals surface area contributed by atoms with E-state index in [1.165, 1.54) is 0 Å². The molecular weight excluding hydrogens is 250 g/mol. The van der Waals surface area contributed by atoms with Crippen LogP contribution in [0.2, 0.25) is 0 Å². The van der Waals surface area contributed by atoms with E-state index in [0.29, 0.717) is 18.5 Å². The summed E-state index contributed by atoms with van der Waals surface area (Å²) in [5.74, 6) is 1.60. The molecule has 0 radical (unpaired) electrons. The number of rotatable bonds is 3. The molecule has 1 fully saturated rings. The number of likely N-dealkylation sites (tertiary alicyclic amines) is 1. The Morgan fingerprint density at radius 2 is 2.00 bits per heavy atom. The van der Waals surface area contributed by atoms with E-state index in [1.807, 2.05) is 12.1 Å². The average Bonchev–Trinajstić information content (AvgIpc) is 2.90. The molecule has 0 aromatic carbocycles. The summed E-state index contributed by atoms with van der Waals surface area (Å²) < 4.78 is 2.12. The van der Waals surface area contributed by atoms with Crippen LogP contribution in [0.1, 0.15) is 44.0 Å².